The summed E-state index contributed by atoms with van der Waals surface area (Å²) in [6.45, 7) is 6.49. The van der Waals surface area contributed by atoms with Crippen LogP contribution in [0.2, 0.25) is 0 Å². The Morgan fingerprint density at radius 1 is 1.59 bits per heavy atom. The summed E-state index contributed by atoms with van der Waals surface area (Å²) in [5.41, 5.74) is 7.23. The minimum absolute atomic E-state index is 0.417. The molecule has 1 aliphatic rings. The van der Waals surface area contributed by atoms with Crippen molar-refractivity contribution in [1.29, 1.82) is 0 Å². The Morgan fingerprint density at radius 3 is 2.94 bits per heavy atom. The number of hydrogen-bond acceptors (Lipinski definition) is 3. The van der Waals surface area contributed by atoms with Crippen molar-refractivity contribution in [2.24, 2.45) is 18.7 Å². The second-order valence-corrected chi connectivity index (χ2v) is 5.28. The van der Waals surface area contributed by atoms with E-state index in [0.29, 0.717) is 18.0 Å². The molecule has 1 aromatic heterocycles. The van der Waals surface area contributed by atoms with Crippen LogP contribution in [0.4, 0.5) is 0 Å². The van der Waals surface area contributed by atoms with Crippen LogP contribution in [0.15, 0.2) is 12.4 Å². The van der Waals surface area contributed by atoms with Crippen LogP contribution in [0.25, 0.3) is 0 Å². The molecule has 0 radical (unpaired) electrons. The highest BCUT2D eigenvalue weighted by atomic mass is 15.3. The van der Waals surface area contributed by atoms with Crippen LogP contribution in [-0.4, -0.2) is 33.8 Å². The largest absolute Gasteiger partial charge is 0.329 e. The average Bonchev–Trinajstić information content (AvgIpc) is 2.74. The molecule has 1 aliphatic heterocycles. The van der Waals surface area contributed by atoms with Crippen LogP contribution in [0.3, 0.4) is 0 Å². The third kappa shape index (κ3) is 2.53. The SMILES string of the molecule is CC1CCCN(C(C)c2cnn(C)c2)C1CN. The number of nitrogens with two attached hydrogens (primary N) is 1. The molecule has 2 N–H and O–H groups in total. The predicted molar refractivity (Wildman–Crippen MR) is 69.6 cm³/mol. The predicted octanol–water partition coefficient (Wildman–Crippen LogP) is 1.54. The van der Waals surface area contributed by atoms with Crippen LogP contribution in [0.5, 0.6) is 0 Å². The maximum absolute atomic E-state index is 5.94. The average molecular weight is 236 g/mol. The van der Waals surface area contributed by atoms with Gasteiger partial charge in [-0.25, -0.2) is 0 Å². The lowest BCUT2D eigenvalue weighted by molar-refractivity contribution is 0.0689. The Morgan fingerprint density at radius 2 is 2.35 bits per heavy atom. The number of aryl methyl sites for hydroxylation is 1. The van der Waals surface area contributed by atoms with E-state index in [-0.39, 0.29) is 0 Å². The maximum atomic E-state index is 5.94. The Labute approximate surface area is 104 Å². The quantitative estimate of drug-likeness (QED) is 0.866. The monoisotopic (exact) mass is 236 g/mol. The molecule has 3 atom stereocenters. The second-order valence-electron chi connectivity index (χ2n) is 5.28. The molecular formula is C13H24N4. The summed E-state index contributed by atoms with van der Waals surface area (Å²) < 4.78 is 1.87. The summed E-state index contributed by atoms with van der Waals surface area (Å²) in [5.74, 6) is 0.702. The summed E-state index contributed by atoms with van der Waals surface area (Å²) in [7, 11) is 1.97. The maximum Gasteiger partial charge on any atom is 0.0537 e. The number of piperidine rings is 1. The second kappa shape index (κ2) is 5.19. The molecule has 2 heterocycles. The van der Waals surface area contributed by atoms with Gasteiger partial charge in [0.25, 0.3) is 0 Å². The van der Waals surface area contributed by atoms with Crippen LogP contribution >= 0.6 is 0 Å². The van der Waals surface area contributed by atoms with Crippen molar-refractivity contribution >= 4 is 0 Å². The molecule has 17 heavy (non-hydrogen) atoms. The van der Waals surface area contributed by atoms with Crippen molar-refractivity contribution in [3.63, 3.8) is 0 Å². The topological polar surface area (TPSA) is 47.1 Å². The van der Waals surface area contributed by atoms with Gasteiger partial charge in [0.15, 0.2) is 0 Å². The highest BCUT2D eigenvalue weighted by Crippen LogP contribution is 2.30. The number of hydrogen-bond donors (Lipinski definition) is 1. The van der Waals surface area contributed by atoms with E-state index in [2.05, 4.69) is 30.0 Å². The van der Waals surface area contributed by atoms with Crippen molar-refractivity contribution in [3.05, 3.63) is 18.0 Å². The molecule has 0 amide bonds. The lowest BCUT2D eigenvalue weighted by Crippen LogP contribution is -2.49. The summed E-state index contributed by atoms with van der Waals surface area (Å²) in [4.78, 5) is 2.55. The minimum atomic E-state index is 0.417. The lowest BCUT2D eigenvalue weighted by atomic mass is 9.89. The fraction of sp³-hybridized carbons (Fsp3) is 0.769. The Bertz CT molecular complexity index is 360. The molecule has 1 saturated heterocycles. The van der Waals surface area contributed by atoms with Gasteiger partial charge in [0.05, 0.1) is 6.20 Å². The molecule has 2 rings (SSSR count). The van der Waals surface area contributed by atoms with E-state index in [1.807, 2.05) is 17.9 Å². The van der Waals surface area contributed by atoms with E-state index in [0.717, 1.165) is 13.1 Å². The molecule has 0 bridgehead atoms. The first-order valence-electron chi connectivity index (χ1n) is 6.58. The first-order chi connectivity index (χ1) is 8.13. The van der Waals surface area contributed by atoms with Crippen LogP contribution in [0, 0.1) is 5.92 Å². The Balaban J connectivity index is 2.14. The van der Waals surface area contributed by atoms with Gasteiger partial charge in [0.1, 0.15) is 0 Å². The molecule has 0 aliphatic carbocycles. The minimum Gasteiger partial charge on any atom is -0.329 e. The van der Waals surface area contributed by atoms with Crippen molar-refractivity contribution in [2.45, 2.75) is 38.8 Å². The molecule has 3 unspecified atom stereocenters. The highest BCUT2D eigenvalue weighted by Gasteiger charge is 2.31. The zero-order chi connectivity index (χ0) is 12.4. The van der Waals surface area contributed by atoms with Gasteiger partial charge in [0, 0.05) is 37.4 Å². The van der Waals surface area contributed by atoms with Gasteiger partial charge in [-0.05, 0) is 32.2 Å². The lowest BCUT2D eigenvalue weighted by Gasteiger charge is -2.42. The van der Waals surface area contributed by atoms with E-state index in [4.69, 9.17) is 5.73 Å². The van der Waals surface area contributed by atoms with Gasteiger partial charge in [-0.15, -0.1) is 0 Å². The molecule has 0 saturated carbocycles. The third-order valence-corrected chi connectivity index (χ3v) is 4.10. The summed E-state index contributed by atoms with van der Waals surface area (Å²) >= 11 is 0. The molecule has 1 fully saturated rings. The number of nitrogens with zero attached hydrogens (tertiary/aromatic N) is 3. The van der Waals surface area contributed by atoms with E-state index >= 15 is 0 Å². The Kier molecular flexibility index (Phi) is 3.84. The molecule has 4 nitrogen and oxygen atoms in total. The Hall–Kier alpha value is -0.870. The first kappa shape index (κ1) is 12.6. The third-order valence-electron chi connectivity index (χ3n) is 4.10. The van der Waals surface area contributed by atoms with E-state index in [9.17, 15) is 0 Å². The van der Waals surface area contributed by atoms with E-state index in [1.54, 1.807) is 0 Å². The van der Waals surface area contributed by atoms with Crippen LogP contribution in [-0.2, 0) is 7.05 Å². The van der Waals surface area contributed by atoms with Gasteiger partial charge in [-0.1, -0.05) is 6.92 Å². The molecule has 1 aromatic rings. The van der Waals surface area contributed by atoms with E-state index in [1.165, 1.54) is 18.4 Å². The van der Waals surface area contributed by atoms with Gasteiger partial charge in [-0.2, -0.15) is 5.10 Å². The number of rotatable bonds is 3. The van der Waals surface area contributed by atoms with Crippen molar-refractivity contribution in [2.75, 3.05) is 13.1 Å². The summed E-state index contributed by atoms with van der Waals surface area (Å²) in [5, 5.41) is 4.26. The van der Waals surface area contributed by atoms with Gasteiger partial charge >= 0.3 is 0 Å². The molecular weight excluding hydrogens is 212 g/mol. The summed E-state index contributed by atoms with van der Waals surface area (Å²) in [6, 6.07) is 0.930. The zero-order valence-electron chi connectivity index (χ0n) is 11.1. The standard InChI is InChI=1S/C13H24N4/c1-10-5-4-6-17(13(10)7-14)11(2)12-8-15-16(3)9-12/h8-11,13H,4-7,14H2,1-3H3. The number of aromatic nitrogens is 2. The fourth-order valence-corrected chi connectivity index (χ4v) is 2.98. The van der Waals surface area contributed by atoms with Gasteiger partial charge in [-0.3, -0.25) is 9.58 Å². The fourth-order valence-electron chi connectivity index (χ4n) is 2.98. The molecule has 0 aromatic carbocycles. The smallest absolute Gasteiger partial charge is 0.0537 e. The normalized spacial score (nSPS) is 28.2. The van der Waals surface area contributed by atoms with Crippen molar-refractivity contribution in [3.8, 4) is 0 Å². The van der Waals surface area contributed by atoms with E-state index < -0.39 is 0 Å². The van der Waals surface area contributed by atoms with Gasteiger partial charge < -0.3 is 5.73 Å². The van der Waals surface area contributed by atoms with Gasteiger partial charge in [0.2, 0.25) is 0 Å². The molecule has 0 spiro atoms. The first-order valence-corrected chi connectivity index (χ1v) is 6.58. The van der Waals surface area contributed by atoms with Crippen molar-refractivity contribution in [1.82, 2.24) is 14.7 Å². The zero-order valence-corrected chi connectivity index (χ0v) is 11.1. The summed E-state index contributed by atoms with van der Waals surface area (Å²) in [6.07, 6.45) is 6.66. The highest BCUT2D eigenvalue weighted by molar-refractivity contribution is 5.10. The van der Waals surface area contributed by atoms with Crippen LogP contribution in [0.1, 0.15) is 38.3 Å². The molecule has 4 heteroatoms. The number of likely N-dealkylation sites (tertiary alicyclic amines) is 1. The van der Waals surface area contributed by atoms with Crippen molar-refractivity contribution < 1.29 is 0 Å². The van der Waals surface area contributed by atoms with Crippen LogP contribution < -0.4 is 5.73 Å². The molecule has 96 valence electrons.